The molecule has 2 fully saturated rings. The predicted molar refractivity (Wildman–Crippen MR) is 73.6 cm³/mol. The van der Waals surface area contributed by atoms with Crippen LogP contribution in [-0.2, 0) is 14.3 Å². The first kappa shape index (κ1) is 15.6. The molecule has 0 aliphatic carbocycles. The van der Waals surface area contributed by atoms with Crippen molar-refractivity contribution in [3.05, 3.63) is 0 Å². The van der Waals surface area contributed by atoms with E-state index < -0.39 is 11.9 Å². The van der Waals surface area contributed by atoms with Gasteiger partial charge in [0.2, 0.25) is 0 Å². The van der Waals surface area contributed by atoms with Gasteiger partial charge in [-0.1, -0.05) is 6.92 Å². The van der Waals surface area contributed by atoms with Gasteiger partial charge in [0.15, 0.2) is 0 Å². The van der Waals surface area contributed by atoms with Gasteiger partial charge in [-0.05, 0) is 12.8 Å². The third-order valence-corrected chi connectivity index (χ3v) is 4.50. The molecular formula is C14H22N2O5. The number of amides is 2. The maximum atomic E-state index is 12.3. The second kappa shape index (κ2) is 6.32. The second-order valence-electron chi connectivity index (χ2n) is 5.88. The van der Waals surface area contributed by atoms with Crippen LogP contribution in [-0.4, -0.2) is 66.2 Å². The van der Waals surface area contributed by atoms with Crippen LogP contribution in [0, 0.1) is 17.8 Å². The topological polar surface area (TPSA) is 87.2 Å². The number of nitrogens with zero attached hydrogens (tertiary/aromatic N) is 2. The zero-order chi connectivity index (χ0) is 15.6. The van der Waals surface area contributed by atoms with Crippen LogP contribution in [0.4, 0.5) is 4.79 Å². The SMILES string of the molecule is COC(=O)C1CCCN(C(=O)N2CC(C(C)C(=O)O)C2)C1. The molecule has 2 aliphatic rings. The number of carboxylic acids is 1. The number of aliphatic carboxylic acids is 1. The first-order chi connectivity index (χ1) is 9.93. The number of carbonyl (C=O) groups excluding carboxylic acids is 2. The molecule has 2 saturated heterocycles. The molecule has 2 rings (SSSR count). The highest BCUT2D eigenvalue weighted by Crippen LogP contribution is 2.27. The molecule has 7 heteroatoms. The Morgan fingerprint density at radius 2 is 1.86 bits per heavy atom. The molecule has 2 heterocycles. The first-order valence-electron chi connectivity index (χ1n) is 7.28. The Bertz CT molecular complexity index is 433. The Kier molecular flexibility index (Phi) is 4.69. The molecule has 0 saturated carbocycles. The molecule has 1 N–H and O–H groups in total. The number of hydrogen-bond acceptors (Lipinski definition) is 4. The number of rotatable bonds is 3. The minimum Gasteiger partial charge on any atom is -0.481 e. The van der Waals surface area contributed by atoms with Gasteiger partial charge in [-0.25, -0.2) is 4.79 Å². The van der Waals surface area contributed by atoms with Crippen molar-refractivity contribution >= 4 is 18.0 Å². The van der Waals surface area contributed by atoms with Crippen molar-refractivity contribution < 1.29 is 24.2 Å². The van der Waals surface area contributed by atoms with Gasteiger partial charge in [0.1, 0.15) is 0 Å². The van der Waals surface area contributed by atoms with Crippen LogP contribution in [0.25, 0.3) is 0 Å². The van der Waals surface area contributed by atoms with E-state index in [4.69, 9.17) is 9.84 Å². The van der Waals surface area contributed by atoms with E-state index in [1.54, 1.807) is 16.7 Å². The molecule has 2 atom stereocenters. The summed E-state index contributed by atoms with van der Waals surface area (Å²) in [5.41, 5.74) is 0. The van der Waals surface area contributed by atoms with Gasteiger partial charge in [-0.2, -0.15) is 0 Å². The zero-order valence-corrected chi connectivity index (χ0v) is 12.4. The minimum atomic E-state index is -0.823. The third-order valence-electron chi connectivity index (χ3n) is 4.50. The Morgan fingerprint density at radius 3 is 2.43 bits per heavy atom. The highest BCUT2D eigenvalue weighted by molar-refractivity contribution is 5.78. The summed E-state index contributed by atoms with van der Waals surface area (Å²) in [6.45, 7) is 3.66. The number of ether oxygens (including phenoxy) is 1. The normalized spacial score (nSPS) is 24.2. The number of urea groups is 1. The number of esters is 1. The highest BCUT2D eigenvalue weighted by atomic mass is 16.5. The number of hydrogen-bond donors (Lipinski definition) is 1. The average molecular weight is 298 g/mol. The molecule has 0 aromatic heterocycles. The van der Waals surface area contributed by atoms with Crippen LogP contribution < -0.4 is 0 Å². The summed E-state index contributed by atoms with van der Waals surface area (Å²) in [4.78, 5) is 38.1. The smallest absolute Gasteiger partial charge is 0.320 e. The van der Waals surface area contributed by atoms with Crippen LogP contribution >= 0.6 is 0 Å². The van der Waals surface area contributed by atoms with E-state index in [1.807, 2.05) is 0 Å². The Hall–Kier alpha value is -1.79. The number of likely N-dealkylation sites (tertiary alicyclic amines) is 2. The van der Waals surface area contributed by atoms with Crippen molar-refractivity contribution in [3.8, 4) is 0 Å². The van der Waals surface area contributed by atoms with E-state index in [0.717, 1.165) is 12.8 Å². The van der Waals surface area contributed by atoms with Crippen molar-refractivity contribution in [2.24, 2.45) is 17.8 Å². The van der Waals surface area contributed by atoms with Crippen molar-refractivity contribution in [2.75, 3.05) is 33.3 Å². The molecule has 2 aliphatic heterocycles. The van der Waals surface area contributed by atoms with E-state index in [1.165, 1.54) is 7.11 Å². The van der Waals surface area contributed by atoms with Crippen molar-refractivity contribution in [1.29, 1.82) is 0 Å². The summed E-state index contributed by atoms with van der Waals surface area (Å²) in [5, 5.41) is 8.95. The van der Waals surface area contributed by atoms with Gasteiger partial charge < -0.3 is 19.6 Å². The lowest BCUT2D eigenvalue weighted by molar-refractivity contribution is -0.147. The molecule has 0 bridgehead atoms. The Morgan fingerprint density at radius 1 is 1.19 bits per heavy atom. The van der Waals surface area contributed by atoms with Crippen molar-refractivity contribution in [1.82, 2.24) is 9.80 Å². The van der Waals surface area contributed by atoms with Crippen LogP contribution in [0.3, 0.4) is 0 Å². The molecule has 0 aromatic carbocycles. The van der Waals surface area contributed by atoms with Crippen LogP contribution in [0.5, 0.6) is 0 Å². The largest absolute Gasteiger partial charge is 0.481 e. The predicted octanol–water partition coefficient (Wildman–Crippen LogP) is 0.644. The molecule has 118 valence electrons. The fourth-order valence-corrected chi connectivity index (χ4v) is 2.90. The first-order valence-corrected chi connectivity index (χ1v) is 7.28. The lowest BCUT2D eigenvalue weighted by atomic mass is 9.87. The van der Waals surface area contributed by atoms with Gasteiger partial charge in [-0.3, -0.25) is 9.59 Å². The quantitative estimate of drug-likeness (QED) is 0.773. The molecule has 7 nitrogen and oxygen atoms in total. The Balaban J connectivity index is 1.84. The number of carboxylic acid groups (broad SMARTS) is 1. The summed E-state index contributed by atoms with van der Waals surface area (Å²) in [6.07, 6.45) is 1.53. The molecule has 2 amide bonds. The summed E-state index contributed by atoms with van der Waals surface area (Å²) in [7, 11) is 1.36. The molecule has 0 aromatic rings. The Labute approximate surface area is 123 Å². The number of piperidine rings is 1. The van der Waals surface area contributed by atoms with Gasteiger partial charge in [0.25, 0.3) is 0 Å². The van der Waals surface area contributed by atoms with Crippen molar-refractivity contribution in [3.63, 3.8) is 0 Å². The molecular weight excluding hydrogens is 276 g/mol. The third kappa shape index (κ3) is 3.28. The van der Waals surface area contributed by atoms with Gasteiger partial charge in [-0.15, -0.1) is 0 Å². The van der Waals surface area contributed by atoms with Gasteiger partial charge in [0.05, 0.1) is 18.9 Å². The van der Waals surface area contributed by atoms with Crippen LogP contribution in [0.15, 0.2) is 0 Å². The lowest BCUT2D eigenvalue weighted by Crippen LogP contribution is -2.58. The molecule has 2 unspecified atom stereocenters. The van der Waals surface area contributed by atoms with Gasteiger partial charge in [0, 0.05) is 32.1 Å². The average Bonchev–Trinajstić information content (AvgIpc) is 2.44. The standard InChI is InChI=1S/C14H22N2O5/c1-9(12(17)18)11-7-16(8-11)14(20)15-5-3-4-10(6-15)13(19)21-2/h9-11H,3-8H2,1-2H3,(H,17,18). The van der Waals surface area contributed by atoms with E-state index in [9.17, 15) is 14.4 Å². The van der Waals surface area contributed by atoms with E-state index in [-0.39, 0.29) is 23.8 Å². The van der Waals surface area contributed by atoms with Crippen molar-refractivity contribution in [2.45, 2.75) is 19.8 Å². The highest BCUT2D eigenvalue weighted by Gasteiger charge is 2.40. The maximum Gasteiger partial charge on any atom is 0.320 e. The summed E-state index contributed by atoms with van der Waals surface area (Å²) in [5.74, 6) is -1.75. The van der Waals surface area contributed by atoms with E-state index in [0.29, 0.717) is 26.2 Å². The monoisotopic (exact) mass is 298 g/mol. The zero-order valence-electron chi connectivity index (χ0n) is 12.4. The number of methoxy groups -OCH3 is 1. The summed E-state index contributed by atoms with van der Waals surface area (Å²) < 4.78 is 4.74. The van der Waals surface area contributed by atoms with Gasteiger partial charge >= 0.3 is 18.0 Å². The van der Waals surface area contributed by atoms with E-state index >= 15 is 0 Å². The molecule has 0 radical (unpaired) electrons. The van der Waals surface area contributed by atoms with E-state index in [2.05, 4.69) is 0 Å². The van der Waals surface area contributed by atoms with Crippen LogP contribution in [0.1, 0.15) is 19.8 Å². The molecule has 21 heavy (non-hydrogen) atoms. The summed E-state index contributed by atoms with van der Waals surface area (Å²) in [6, 6.07) is -0.0996. The lowest BCUT2D eigenvalue weighted by Gasteiger charge is -2.44. The van der Waals surface area contributed by atoms with Crippen LogP contribution in [0.2, 0.25) is 0 Å². The maximum absolute atomic E-state index is 12.3. The fraction of sp³-hybridized carbons (Fsp3) is 0.786. The second-order valence-corrected chi connectivity index (χ2v) is 5.88. The number of carbonyl (C=O) groups is 3. The summed E-state index contributed by atoms with van der Waals surface area (Å²) >= 11 is 0. The fourth-order valence-electron chi connectivity index (χ4n) is 2.90. The molecule has 0 spiro atoms. The minimum absolute atomic E-state index is 0.0210.